The Morgan fingerprint density at radius 2 is 1.84 bits per heavy atom. The molecule has 1 heterocycles. The molecular weight excluding hydrogens is 410 g/mol. The number of thioether (sulfide) groups is 1. The summed E-state index contributed by atoms with van der Waals surface area (Å²) in [7, 11) is 4.00. The molecule has 31 heavy (non-hydrogen) atoms. The van der Waals surface area contributed by atoms with Gasteiger partial charge in [-0.2, -0.15) is 0 Å². The van der Waals surface area contributed by atoms with E-state index in [0.29, 0.717) is 23.0 Å². The Kier molecular flexibility index (Phi) is 7.59. The molecule has 1 atom stereocenters. The fourth-order valence-corrected chi connectivity index (χ4v) is 3.75. The van der Waals surface area contributed by atoms with Crippen LogP contribution in [0.2, 0.25) is 0 Å². The number of ketones is 1. The summed E-state index contributed by atoms with van der Waals surface area (Å²) in [6, 6.07) is 17.1. The Morgan fingerprint density at radius 3 is 2.52 bits per heavy atom. The minimum Gasteiger partial charge on any atom is -0.325 e. The van der Waals surface area contributed by atoms with Gasteiger partial charge in [0, 0.05) is 11.3 Å². The number of rotatable bonds is 9. The fraction of sp³-hybridized carbons (Fsp3) is 0.304. The summed E-state index contributed by atoms with van der Waals surface area (Å²) >= 11 is 1.35. The van der Waals surface area contributed by atoms with Crippen molar-refractivity contribution in [1.29, 1.82) is 0 Å². The van der Waals surface area contributed by atoms with Crippen LogP contribution in [0, 0.1) is 0 Å². The van der Waals surface area contributed by atoms with Gasteiger partial charge >= 0.3 is 0 Å². The first kappa shape index (κ1) is 22.7. The van der Waals surface area contributed by atoms with Crippen molar-refractivity contribution < 1.29 is 9.59 Å². The zero-order valence-corrected chi connectivity index (χ0v) is 19.0. The molecule has 1 aromatic heterocycles. The van der Waals surface area contributed by atoms with Gasteiger partial charge in [-0.15, -0.1) is 10.2 Å². The molecule has 1 amide bonds. The molecule has 0 unspecified atom stereocenters. The van der Waals surface area contributed by atoms with Gasteiger partial charge in [0.2, 0.25) is 5.91 Å². The second kappa shape index (κ2) is 10.4. The number of benzene rings is 2. The van der Waals surface area contributed by atoms with Crippen LogP contribution in [-0.4, -0.2) is 51.2 Å². The second-order valence-electron chi connectivity index (χ2n) is 7.53. The maximum atomic E-state index is 12.5. The average molecular weight is 438 g/mol. The van der Waals surface area contributed by atoms with E-state index in [4.69, 9.17) is 0 Å². The van der Waals surface area contributed by atoms with Crippen molar-refractivity contribution in [1.82, 2.24) is 19.7 Å². The van der Waals surface area contributed by atoms with Crippen molar-refractivity contribution >= 4 is 29.1 Å². The number of nitrogens with one attached hydrogen (secondary N) is 1. The number of Topliss-reactive ketones (excluding diaryl/α,β-unsaturated/α-hetero) is 1. The minimum atomic E-state index is -0.165. The molecule has 0 aliphatic heterocycles. The van der Waals surface area contributed by atoms with Gasteiger partial charge in [-0.1, -0.05) is 54.2 Å². The Hall–Kier alpha value is -2.97. The molecule has 3 aromatic rings. The van der Waals surface area contributed by atoms with Crippen LogP contribution in [-0.2, 0) is 11.3 Å². The van der Waals surface area contributed by atoms with Crippen molar-refractivity contribution in [3.8, 4) is 0 Å². The summed E-state index contributed by atoms with van der Waals surface area (Å²) in [6.07, 6.45) is 0. The normalized spacial score (nSPS) is 12.0. The molecule has 0 bridgehead atoms. The highest BCUT2D eigenvalue weighted by atomic mass is 32.2. The molecule has 8 heteroatoms. The summed E-state index contributed by atoms with van der Waals surface area (Å²) < 4.78 is 2.06. The fourth-order valence-electron chi connectivity index (χ4n) is 3.00. The lowest BCUT2D eigenvalue weighted by Crippen LogP contribution is -2.21. The Bertz CT molecular complexity index is 1050. The maximum Gasteiger partial charge on any atom is 0.234 e. The number of carbonyl (C=O) groups is 2. The van der Waals surface area contributed by atoms with Crippen LogP contribution in [0.4, 0.5) is 5.69 Å². The number of hydrogen-bond acceptors (Lipinski definition) is 6. The van der Waals surface area contributed by atoms with Gasteiger partial charge in [-0.25, -0.2) is 0 Å². The van der Waals surface area contributed by atoms with E-state index < -0.39 is 0 Å². The van der Waals surface area contributed by atoms with Gasteiger partial charge in [0.1, 0.15) is 0 Å². The SMILES string of the molecule is CC(=O)c1cccc(NC(=O)CSc2nnc([C@@H](C)N(C)C)n2Cc2ccccc2)c1. The van der Waals surface area contributed by atoms with Crippen LogP contribution in [0.25, 0.3) is 0 Å². The van der Waals surface area contributed by atoms with Gasteiger partial charge < -0.3 is 9.88 Å². The van der Waals surface area contributed by atoms with Gasteiger partial charge in [0.05, 0.1) is 18.3 Å². The van der Waals surface area contributed by atoms with Gasteiger partial charge in [-0.05, 0) is 45.6 Å². The van der Waals surface area contributed by atoms with Gasteiger partial charge in [0.15, 0.2) is 16.8 Å². The smallest absolute Gasteiger partial charge is 0.234 e. The van der Waals surface area contributed by atoms with E-state index in [2.05, 4.69) is 44.0 Å². The summed E-state index contributed by atoms with van der Waals surface area (Å²) in [5, 5.41) is 12.3. The van der Waals surface area contributed by atoms with E-state index in [0.717, 1.165) is 11.4 Å². The lowest BCUT2D eigenvalue weighted by molar-refractivity contribution is -0.113. The number of aromatic nitrogens is 3. The standard InChI is InChI=1S/C23H27N5O2S/c1-16(27(3)4)22-25-26-23(28(22)14-18-9-6-5-7-10-18)31-15-21(30)24-20-12-8-11-19(13-20)17(2)29/h5-13,16H,14-15H2,1-4H3,(H,24,30)/t16-/m1/s1. The highest BCUT2D eigenvalue weighted by molar-refractivity contribution is 7.99. The summed E-state index contributed by atoms with van der Waals surface area (Å²) in [4.78, 5) is 26.1. The maximum absolute atomic E-state index is 12.5. The highest BCUT2D eigenvalue weighted by Gasteiger charge is 2.20. The Morgan fingerprint density at radius 1 is 1.10 bits per heavy atom. The molecule has 3 rings (SSSR count). The molecule has 0 aliphatic carbocycles. The van der Waals surface area contributed by atoms with Crippen molar-refractivity contribution in [3.05, 3.63) is 71.5 Å². The molecule has 162 valence electrons. The molecule has 0 saturated heterocycles. The molecule has 0 aliphatic rings. The second-order valence-corrected chi connectivity index (χ2v) is 8.47. The van der Waals surface area contributed by atoms with Crippen molar-refractivity contribution in [3.63, 3.8) is 0 Å². The van der Waals surface area contributed by atoms with Gasteiger partial charge in [-0.3, -0.25) is 14.5 Å². The first-order valence-electron chi connectivity index (χ1n) is 10.0. The van der Waals surface area contributed by atoms with Crippen LogP contribution in [0.15, 0.2) is 59.8 Å². The third-order valence-corrected chi connectivity index (χ3v) is 5.93. The topological polar surface area (TPSA) is 80.1 Å². The first-order chi connectivity index (χ1) is 14.8. The van der Waals surface area contributed by atoms with E-state index in [-0.39, 0.29) is 23.5 Å². The van der Waals surface area contributed by atoms with Crippen LogP contribution in [0.3, 0.4) is 0 Å². The predicted molar refractivity (Wildman–Crippen MR) is 123 cm³/mol. The number of amides is 1. The summed E-state index contributed by atoms with van der Waals surface area (Å²) in [5.41, 5.74) is 2.31. The average Bonchev–Trinajstić information content (AvgIpc) is 3.14. The molecule has 2 aromatic carbocycles. The van der Waals surface area contributed by atoms with Gasteiger partial charge in [0.25, 0.3) is 0 Å². The third-order valence-electron chi connectivity index (χ3n) is 4.96. The van der Waals surface area contributed by atoms with Crippen molar-refractivity contribution in [2.24, 2.45) is 0 Å². The summed E-state index contributed by atoms with van der Waals surface area (Å²) in [5.74, 6) is 0.836. The molecule has 0 radical (unpaired) electrons. The van der Waals surface area contributed by atoms with Crippen LogP contribution in [0.5, 0.6) is 0 Å². The predicted octanol–water partition coefficient (Wildman–Crippen LogP) is 3.88. The molecule has 0 saturated carbocycles. The van der Waals surface area contributed by atoms with E-state index in [1.165, 1.54) is 18.7 Å². The largest absolute Gasteiger partial charge is 0.325 e. The monoisotopic (exact) mass is 437 g/mol. The lowest BCUT2D eigenvalue weighted by atomic mass is 10.1. The van der Waals surface area contributed by atoms with Crippen LogP contribution in [0.1, 0.15) is 41.6 Å². The first-order valence-corrected chi connectivity index (χ1v) is 11.0. The molecular formula is C23H27N5O2S. The highest BCUT2D eigenvalue weighted by Crippen LogP contribution is 2.24. The van der Waals surface area contributed by atoms with Crippen molar-refractivity contribution in [2.75, 3.05) is 25.2 Å². The van der Waals surface area contributed by atoms with E-state index in [9.17, 15) is 9.59 Å². The van der Waals surface area contributed by atoms with E-state index in [1.54, 1.807) is 24.3 Å². The molecule has 0 spiro atoms. The number of anilines is 1. The van der Waals surface area contributed by atoms with Crippen LogP contribution < -0.4 is 5.32 Å². The third kappa shape index (κ3) is 6.02. The minimum absolute atomic E-state index is 0.0398. The Labute approximate surface area is 186 Å². The zero-order valence-electron chi connectivity index (χ0n) is 18.2. The van der Waals surface area contributed by atoms with E-state index in [1.807, 2.05) is 32.3 Å². The lowest BCUT2D eigenvalue weighted by Gasteiger charge is -2.20. The molecule has 0 fully saturated rings. The number of carbonyl (C=O) groups excluding carboxylic acids is 2. The number of hydrogen-bond donors (Lipinski definition) is 1. The van der Waals surface area contributed by atoms with Crippen LogP contribution >= 0.6 is 11.8 Å². The van der Waals surface area contributed by atoms with Crippen molar-refractivity contribution in [2.45, 2.75) is 31.6 Å². The van der Waals surface area contributed by atoms with E-state index >= 15 is 0 Å². The molecule has 7 nitrogen and oxygen atoms in total. The Balaban J connectivity index is 1.74. The summed E-state index contributed by atoms with van der Waals surface area (Å²) in [6.45, 7) is 4.21. The quantitative estimate of drug-likeness (QED) is 0.404. The number of nitrogens with zero attached hydrogens (tertiary/aromatic N) is 4. The zero-order chi connectivity index (χ0) is 22.4. The molecule has 1 N–H and O–H groups in total.